The Balaban J connectivity index is 1.88. The summed E-state index contributed by atoms with van der Waals surface area (Å²) in [5.41, 5.74) is 0.702. The lowest BCUT2D eigenvalue weighted by Crippen LogP contribution is -2.14. The van der Waals surface area contributed by atoms with Crippen LogP contribution in [0.5, 0.6) is 0 Å². The summed E-state index contributed by atoms with van der Waals surface area (Å²) in [5, 5.41) is 9.28. The van der Waals surface area contributed by atoms with Crippen LogP contribution in [-0.2, 0) is 6.54 Å². The van der Waals surface area contributed by atoms with Crippen LogP contribution >= 0.6 is 35.0 Å². The molecule has 0 saturated carbocycles. The van der Waals surface area contributed by atoms with Crippen LogP contribution in [0.4, 0.5) is 13.2 Å². The molecule has 0 aliphatic heterocycles. The Labute approximate surface area is 160 Å². The van der Waals surface area contributed by atoms with Crippen LogP contribution in [0.3, 0.4) is 0 Å². The summed E-state index contributed by atoms with van der Waals surface area (Å²) in [6, 6.07) is 5.03. The molecule has 3 rings (SSSR count). The van der Waals surface area contributed by atoms with E-state index >= 15 is 0 Å². The van der Waals surface area contributed by atoms with Crippen molar-refractivity contribution < 1.29 is 13.2 Å². The van der Waals surface area contributed by atoms with E-state index in [-0.39, 0.29) is 18.5 Å². The molecule has 0 amide bonds. The van der Waals surface area contributed by atoms with Crippen LogP contribution in [-0.4, -0.2) is 25.7 Å². The van der Waals surface area contributed by atoms with Gasteiger partial charge in [0.1, 0.15) is 5.52 Å². The number of hydrogen-bond donors (Lipinski definition) is 2. The number of H-pyrrole nitrogens is 1. The predicted molar refractivity (Wildman–Crippen MR) is 93.6 cm³/mol. The van der Waals surface area contributed by atoms with E-state index in [0.717, 1.165) is 4.90 Å². The fourth-order valence-corrected chi connectivity index (χ4v) is 3.86. The van der Waals surface area contributed by atoms with Crippen molar-refractivity contribution in [3.63, 3.8) is 0 Å². The molecule has 0 radical (unpaired) electrons. The fraction of sp³-hybridized carbons (Fsp3) is 0.267. The average Bonchev–Trinajstić information content (AvgIpc) is 2.92. The number of imidazole rings is 1. The number of nitrogens with one attached hydrogen (secondary N) is 2. The Morgan fingerprint density at radius 3 is 2.54 bits per heavy atom. The van der Waals surface area contributed by atoms with Gasteiger partial charge in [-0.25, -0.2) is 9.97 Å². The highest BCUT2D eigenvalue weighted by molar-refractivity contribution is 7.99. The van der Waals surface area contributed by atoms with Gasteiger partial charge in [-0.15, -0.1) is 0 Å². The summed E-state index contributed by atoms with van der Waals surface area (Å²) in [6.45, 7) is 0.0985. The van der Waals surface area contributed by atoms with E-state index in [0.29, 0.717) is 26.4 Å². The molecule has 0 bridgehead atoms. The van der Waals surface area contributed by atoms with Gasteiger partial charge in [-0.05, 0) is 24.6 Å². The molecular weight excluding hydrogens is 410 g/mol. The summed E-state index contributed by atoms with van der Waals surface area (Å²) < 4.78 is 38.5. The fourth-order valence-electron chi connectivity index (χ4n) is 2.32. The second-order valence-electron chi connectivity index (χ2n) is 5.45. The van der Waals surface area contributed by atoms with Crippen molar-refractivity contribution >= 4 is 46.1 Å². The largest absolute Gasteiger partial charge is 0.389 e. The van der Waals surface area contributed by atoms with E-state index in [1.165, 1.54) is 22.7 Å². The molecule has 0 aliphatic carbocycles. The van der Waals surface area contributed by atoms with E-state index in [1.54, 1.807) is 18.2 Å². The molecule has 2 N–H and O–H groups in total. The molecule has 0 saturated heterocycles. The number of aromatic nitrogens is 4. The normalized spacial score (nSPS) is 12.0. The van der Waals surface area contributed by atoms with Gasteiger partial charge < -0.3 is 9.55 Å². The molecule has 0 unspecified atom stereocenters. The van der Waals surface area contributed by atoms with Crippen molar-refractivity contribution in [1.82, 2.24) is 19.5 Å². The van der Waals surface area contributed by atoms with E-state index in [2.05, 4.69) is 15.0 Å². The van der Waals surface area contributed by atoms with Gasteiger partial charge in [-0.1, -0.05) is 35.0 Å². The zero-order chi connectivity index (χ0) is 18.9. The third-order valence-corrected chi connectivity index (χ3v) is 4.70. The summed E-state index contributed by atoms with van der Waals surface area (Å²) in [6.07, 6.45) is -3.87. The first-order chi connectivity index (χ1) is 12.2. The van der Waals surface area contributed by atoms with Crippen LogP contribution in [0, 0.1) is 5.41 Å². The predicted octanol–water partition coefficient (Wildman–Crippen LogP) is 5.04. The van der Waals surface area contributed by atoms with Gasteiger partial charge in [-0.2, -0.15) is 13.2 Å². The van der Waals surface area contributed by atoms with Gasteiger partial charge in [-0.3, -0.25) is 5.41 Å². The third kappa shape index (κ3) is 4.72. The number of rotatable bonds is 5. The van der Waals surface area contributed by atoms with Gasteiger partial charge in [0.25, 0.3) is 0 Å². The summed E-state index contributed by atoms with van der Waals surface area (Å²) in [7, 11) is 0. The minimum absolute atomic E-state index is 0.0319. The van der Waals surface area contributed by atoms with Crippen LogP contribution in [0.25, 0.3) is 11.2 Å². The molecule has 3 aromatic rings. The van der Waals surface area contributed by atoms with Crippen molar-refractivity contribution in [1.29, 1.82) is 5.41 Å². The number of halogens is 5. The van der Waals surface area contributed by atoms with Gasteiger partial charge in [0.2, 0.25) is 0 Å². The number of fused-ring (bicyclic) bond motifs is 1. The first kappa shape index (κ1) is 19.1. The Hall–Kier alpha value is -1.71. The third-order valence-electron chi connectivity index (χ3n) is 3.41. The van der Waals surface area contributed by atoms with Gasteiger partial charge in [0, 0.05) is 27.9 Å². The highest BCUT2D eigenvalue weighted by Crippen LogP contribution is 2.31. The molecule has 138 valence electrons. The quantitative estimate of drug-likeness (QED) is 0.605. The van der Waals surface area contributed by atoms with E-state index in [4.69, 9.17) is 28.6 Å². The highest BCUT2D eigenvalue weighted by atomic mass is 35.5. The molecule has 11 heteroatoms. The monoisotopic (exact) mass is 421 g/mol. The topological polar surface area (TPSA) is 70.3 Å². The molecule has 2 aromatic heterocycles. The summed E-state index contributed by atoms with van der Waals surface area (Å²) in [4.78, 5) is 12.0. The van der Waals surface area contributed by atoms with Crippen molar-refractivity contribution in [2.45, 2.75) is 35.6 Å². The average molecular weight is 422 g/mol. The highest BCUT2D eigenvalue weighted by Gasteiger charge is 2.26. The molecule has 0 aliphatic rings. The minimum atomic E-state index is -4.21. The lowest BCUT2D eigenvalue weighted by atomic mass is 10.3. The van der Waals surface area contributed by atoms with Gasteiger partial charge in [0.15, 0.2) is 16.3 Å². The number of nitrogens with zero attached hydrogens (tertiary/aromatic N) is 3. The SMILES string of the molecule is N=c1ncn(CCCC(F)(F)F)c2nc(Sc3cc(Cl)cc(Cl)c3)[nH]c12. The second-order valence-corrected chi connectivity index (χ2v) is 7.39. The Kier molecular flexibility index (Phi) is 5.50. The Morgan fingerprint density at radius 1 is 1.19 bits per heavy atom. The second kappa shape index (κ2) is 7.50. The summed E-state index contributed by atoms with van der Waals surface area (Å²) in [5.74, 6) is 0. The van der Waals surface area contributed by atoms with Crippen molar-refractivity contribution in [3.8, 4) is 0 Å². The number of aryl methyl sites for hydroxylation is 1. The molecule has 1 aromatic carbocycles. The molecule has 26 heavy (non-hydrogen) atoms. The number of hydrogen-bond acceptors (Lipinski definition) is 4. The Bertz CT molecular complexity index is 979. The smallest absolute Gasteiger partial charge is 0.328 e. The summed E-state index contributed by atoms with van der Waals surface area (Å²) >= 11 is 13.2. The maximum absolute atomic E-state index is 12.3. The first-order valence-electron chi connectivity index (χ1n) is 7.42. The van der Waals surface area contributed by atoms with Crippen LogP contribution < -0.4 is 5.49 Å². The zero-order valence-electron chi connectivity index (χ0n) is 13.1. The number of aromatic amines is 1. The zero-order valence-corrected chi connectivity index (χ0v) is 15.4. The van der Waals surface area contributed by atoms with Gasteiger partial charge in [0.05, 0.1) is 6.33 Å². The van der Waals surface area contributed by atoms with E-state index in [1.807, 2.05) is 0 Å². The maximum Gasteiger partial charge on any atom is 0.389 e. The van der Waals surface area contributed by atoms with Crippen molar-refractivity contribution in [2.24, 2.45) is 0 Å². The molecule has 0 fully saturated rings. The molecular formula is C15H12Cl2F3N5S. The lowest BCUT2D eigenvalue weighted by molar-refractivity contribution is -0.135. The van der Waals surface area contributed by atoms with Crippen LogP contribution in [0.1, 0.15) is 12.8 Å². The number of benzene rings is 1. The van der Waals surface area contributed by atoms with Gasteiger partial charge >= 0.3 is 6.18 Å². The molecule has 0 atom stereocenters. The maximum atomic E-state index is 12.3. The minimum Gasteiger partial charge on any atom is -0.328 e. The number of alkyl halides is 3. The van der Waals surface area contributed by atoms with Crippen molar-refractivity contribution in [3.05, 3.63) is 40.1 Å². The van der Waals surface area contributed by atoms with Crippen LogP contribution in [0.2, 0.25) is 10.0 Å². The van der Waals surface area contributed by atoms with E-state index < -0.39 is 12.6 Å². The van der Waals surface area contributed by atoms with Crippen LogP contribution in [0.15, 0.2) is 34.6 Å². The molecule has 5 nitrogen and oxygen atoms in total. The first-order valence-corrected chi connectivity index (χ1v) is 8.99. The molecule has 2 heterocycles. The molecule has 0 spiro atoms. The standard InChI is InChI=1S/C15H12Cl2F3N5S/c16-8-4-9(17)6-10(5-8)26-14-23-11-12(21)22-7-25(13(11)24-14)3-1-2-15(18,19)20/h4-7,21H,1-3H2,(H,23,24). The Morgan fingerprint density at radius 2 is 1.88 bits per heavy atom. The van der Waals surface area contributed by atoms with Crippen molar-refractivity contribution in [2.75, 3.05) is 0 Å². The van der Waals surface area contributed by atoms with E-state index in [9.17, 15) is 13.2 Å². The lowest BCUT2D eigenvalue weighted by Gasteiger charge is -2.08.